The minimum Gasteiger partial charge on any atom is -0.384 e. The second-order valence-corrected chi connectivity index (χ2v) is 23.7. The lowest BCUT2D eigenvalue weighted by molar-refractivity contribution is -0.0296. The lowest BCUT2D eigenvalue weighted by Gasteiger charge is -2.21. The summed E-state index contributed by atoms with van der Waals surface area (Å²) in [7, 11) is 7.07. The molecule has 7 nitrogen and oxygen atoms in total. The Bertz CT molecular complexity index is 943. The average molecular weight is 918 g/mol. The van der Waals surface area contributed by atoms with Crippen LogP contribution in [0.5, 0.6) is 0 Å². The average Bonchev–Trinajstić information content (AvgIpc) is 3.88. The molecule has 3 heterocycles. The van der Waals surface area contributed by atoms with Crippen LogP contribution in [0.15, 0.2) is 0 Å². The van der Waals surface area contributed by atoms with E-state index in [2.05, 4.69) is 150 Å². The summed E-state index contributed by atoms with van der Waals surface area (Å²) < 4.78 is 38.3. The summed E-state index contributed by atoms with van der Waals surface area (Å²) >= 11 is 2.13. The van der Waals surface area contributed by atoms with Crippen molar-refractivity contribution in [2.24, 2.45) is 88.8 Å². The van der Waals surface area contributed by atoms with Crippen molar-refractivity contribution in [2.75, 3.05) is 61.5 Å². The van der Waals surface area contributed by atoms with Gasteiger partial charge in [-0.2, -0.15) is 11.8 Å². The third-order valence-electron chi connectivity index (χ3n) is 15.5. The molecule has 1 saturated carbocycles. The Morgan fingerprint density at radius 3 is 1.38 bits per heavy atom. The van der Waals surface area contributed by atoms with Gasteiger partial charge in [-0.05, 0) is 108 Å². The Balaban J connectivity index is 0.000000764. The van der Waals surface area contributed by atoms with Gasteiger partial charge in [-0.1, -0.05) is 145 Å². The third kappa shape index (κ3) is 21.5. The zero-order valence-corrected chi connectivity index (χ0v) is 47.1. The molecule has 0 aromatic rings. The molecule has 0 amide bonds. The van der Waals surface area contributed by atoms with Gasteiger partial charge in [0.25, 0.3) is 0 Å². The Hall–Kier alpha value is 0.0700. The highest BCUT2D eigenvalue weighted by atomic mass is 32.2. The highest BCUT2D eigenvalue weighted by Crippen LogP contribution is 2.46. The van der Waals surface area contributed by atoms with Crippen LogP contribution in [0, 0.1) is 88.8 Å². The molecule has 4 aliphatic rings. The second-order valence-electron chi connectivity index (χ2n) is 22.3. The van der Waals surface area contributed by atoms with Crippen molar-refractivity contribution >= 4 is 11.8 Å². The number of hydrogen-bond acceptors (Lipinski definition) is 8. The van der Waals surface area contributed by atoms with Gasteiger partial charge in [0, 0.05) is 52.2 Å². The minimum absolute atomic E-state index is 0.280. The fourth-order valence-electron chi connectivity index (χ4n) is 10.6. The van der Waals surface area contributed by atoms with E-state index in [1.807, 2.05) is 7.11 Å². The molecule has 4 fully saturated rings. The van der Waals surface area contributed by atoms with Crippen molar-refractivity contribution in [1.29, 1.82) is 0 Å². The fraction of sp³-hybridized carbons (Fsp3) is 1.00. The van der Waals surface area contributed by atoms with Gasteiger partial charge in [0.15, 0.2) is 0 Å². The first-order valence-electron chi connectivity index (χ1n) is 26.0. The molecule has 17 unspecified atom stereocenters. The molecular formula is C55H112O7S. The maximum absolute atomic E-state index is 6.09. The third-order valence-corrected chi connectivity index (χ3v) is 17.7. The molecular weight excluding hydrogens is 805 g/mol. The van der Waals surface area contributed by atoms with Gasteiger partial charge in [-0.25, -0.2) is 0 Å². The van der Waals surface area contributed by atoms with Gasteiger partial charge in [0.05, 0.1) is 50.3 Å². The second kappa shape index (κ2) is 33.5. The van der Waals surface area contributed by atoms with E-state index in [1.165, 1.54) is 19.3 Å². The van der Waals surface area contributed by atoms with Crippen molar-refractivity contribution < 1.29 is 33.2 Å². The van der Waals surface area contributed by atoms with E-state index in [-0.39, 0.29) is 6.10 Å². The largest absolute Gasteiger partial charge is 0.384 e. The van der Waals surface area contributed by atoms with Crippen LogP contribution in [0.2, 0.25) is 0 Å². The van der Waals surface area contributed by atoms with Gasteiger partial charge in [-0.3, -0.25) is 0 Å². The lowest BCUT2D eigenvalue weighted by atomic mass is 9.84. The molecule has 3 saturated heterocycles. The van der Waals surface area contributed by atoms with E-state index in [1.54, 1.807) is 21.3 Å². The van der Waals surface area contributed by atoms with Crippen molar-refractivity contribution in [1.82, 2.24) is 0 Å². The molecule has 0 aromatic carbocycles. The maximum atomic E-state index is 6.09. The fourth-order valence-corrected chi connectivity index (χ4v) is 12.5. The van der Waals surface area contributed by atoms with Crippen LogP contribution < -0.4 is 0 Å². The molecule has 3 aliphatic heterocycles. The van der Waals surface area contributed by atoms with Gasteiger partial charge in [0.1, 0.15) is 0 Å². The van der Waals surface area contributed by atoms with Crippen LogP contribution in [0.25, 0.3) is 0 Å². The van der Waals surface area contributed by atoms with Gasteiger partial charge in [0.2, 0.25) is 0 Å². The highest BCUT2D eigenvalue weighted by molar-refractivity contribution is 8.00. The first kappa shape index (κ1) is 63.1. The summed E-state index contributed by atoms with van der Waals surface area (Å²) in [6.45, 7) is 49.9. The van der Waals surface area contributed by atoms with Gasteiger partial charge in [-0.15, -0.1) is 0 Å². The Labute approximate surface area is 398 Å². The maximum Gasteiger partial charge on any atom is 0.0841 e. The minimum atomic E-state index is 0.280. The van der Waals surface area contributed by atoms with Crippen LogP contribution in [0.4, 0.5) is 0 Å². The van der Waals surface area contributed by atoms with Crippen LogP contribution in [0.3, 0.4) is 0 Å². The Kier molecular flexibility index (Phi) is 33.6. The summed E-state index contributed by atoms with van der Waals surface area (Å²) in [6.07, 6.45) is 6.87. The molecule has 0 N–H and O–H groups in total. The predicted molar refractivity (Wildman–Crippen MR) is 274 cm³/mol. The molecule has 4 rings (SSSR count). The van der Waals surface area contributed by atoms with E-state index in [9.17, 15) is 0 Å². The molecule has 0 radical (unpaired) electrons. The van der Waals surface area contributed by atoms with E-state index in [4.69, 9.17) is 33.2 Å². The Morgan fingerprint density at radius 1 is 0.508 bits per heavy atom. The van der Waals surface area contributed by atoms with Crippen LogP contribution in [-0.2, 0) is 33.2 Å². The van der Waals surface area contributed by atoms with Crippen LogP contribution >= 0.6 is 11.8 Å². The molecule has 1 aliphatic carbocycles. The monoisotopic (exact) mass is 917 g/mol. The van der Waals surface area contributed by atoms with E-state index in [0.717, 1.165) is 97.3 Å². The van der Waals surface area contributed by atoms with Crippen LogP contribution in [-0.4, -0.2) is 102 Å². The van der Waals surface area contributed by atoms with Gasteiger partial charge < -0.3 is 33.2 Å². The summed E-state index contributed by atoms with van der Waals surface area (Å²) in [5.41, 5.74) is 0. The quantitative estimate of drug-likeness (QED) is 0.135. The molecule has 0 bridgehead atoms. The Morgan fingerprint density at radius 2 is 1.02 bits per heavy atom. The molecule has 63 heavy (non-hydrogen) atoms. The lowest BCUT2D eigenvalue weighted by Crippen LogP contribution is -2.22. The van der Waals surface area contributed by atoms with Crippen molar-refractivity contribution in [3.63, 3.8) is 0 Å². The highest BCUT2D eigenvalue weighted by Gasteiger charge is 2.42. The van der Waals surface area contributed by atoms with E-state index < -0.39 is 0 Å². The standard InChI is InChI=1S/2C12H24O.C11H22O2.C11H22OS.C9H20O2/c1-8(2)12-6-11(7-13-5)9(3)10(12)4;1-6-7-11-9(4)10(5)12(13-11)8(2)3;2*1-7(2)11-9(4)8(3)10(13-11)6-12-5;1-5-9(7-10-4)11-6-8(2)3/h2*8-12H,6-7H2,1-5H3;2*7-11H,6H2,1-5H3;8-9H,5-7H2,1-4H3. The molecule has 17 atom stereocenters. The normalized spacial score (nSPS) is 35.6. The first-order chi connectivity index (χ1) is 29.5. The topological polar surface area (TPSA) is 64.6 Å². The number of methoxy groups -OCH3 is 4. The number of thioether (sulfide) groups is 1. The number of hydrogen-bond donors (Lipinski definition) is 0. The van der Waals surface area contributed by atoms with E-state index >= 15 is 0 Å². The zero-order chi connectivity index (χ0) is 48.7. The number of ether oxygens (including phenoxy) is 7. The SMILES string of the molecule is CCC(COC)OCC(C)C.CCCC1OC(C(C)C)C(C)C1C.COCC1CC(C(C)C)C(C)C1C.COCC1OC(C(C)C)C(C)C1C.COCC1SC(C(C)C)C(C)C1C. The first-order valence-corrected chi connectivity index (χ1v) is 27.0. The summed E-state index contributed by atoms with van der Waals surface area (Å²) in [5.74, 6) is 11.3. The molecule has 0 aromatic heterocycles. The summed E-state index contributed by atoms with van der Waals surface area (Å²) in [6, 6.07) is 0. The molecule has 8 heteroatoms. The smallest absolute Gasteiger partial charge is 0.0841 e. The summed E-state index contributed by atoms with van der Waals surface area (Å²) in [5, 5.41) is 1.54. The molecule has 380 valence electrons. The molecule has 0 spiro atoms. The van der Waals surface area contributed by atoms with Gasteiger partial charge >= 0.3 is 0 Å². The van der Waals surface area contributed by atoms with Crippen LogP contribution in [0.1, 0.15) is 164 Å². The predicted octanol–water partition coefficient (Wildman–Crippen LogP) is 14.1. The van der Waals surface area contributed by atoms with Crippen molar-refractivity contribution in [3.8, 4) is 0 Å². The zero-order valence-electron chi connectivity index (χ0n) is 46.3. The van der Waals surface area contributed by atoms with Crippen molar-refractivity contribution in [2.45, 2.75) is 205 Å². The van der Waals surface area contributed by atoms with E-state index in [0.29, 0.717) is 65.9 Å². The summed E-state index contributed by atoms with van der Waals surface area (Å²) in [4.78, 5) is 0. The number of rotatable bonds is 18. The van der Waals surface area contributed by atoms with Crippen molar-refractivity contribution in [3.05, 3.63) is 0 Å².